The van der Waals surface area contributed by atoms with Gasteiger partial charge in [-0.1, -0.05) is 48.6 Å². The zero-order valence-electron chi connectivity index (χ0n) is 22.9. The molecule has 1 N–H and O–H groups in total. The van der Waals surface area contributed by atoms with Gasteiger partial charge in [-0.15, -0.1) is 0 Å². The summed E-state index contributed by atoms with van der Waals surface area (Å²) in [6, 6.07) is 14.5. The van der Waals surface area contributed by atoms with E-state index in [1.807, 2.05) is 13.8 Å². The highest BCUT2D eigenvalue weighted by Gasteiger charge is 2.36. The van der Waals surface area contributed by atoms with Gasteiger partial charge < -0.3 is 10.1 Å². The molecule has 42 heavy (non-hydrogen) atoms. The van der Waals surface area contributed by atoms with Crippen molar-refractivity contribution in [3.63, 3.8) is 0 Å². The van der Waals surface area contributed by atoms with Crippen molar-refractivity contribution in [3.05, 3.63) is 106 Å². The van der Waals surface area contributed by atoms with Crippen LogP contribution in [0.25, 0.3) is 18.2 Å². The summed E-state index contributed by atoms with van der Waals surface area (Å²) >= 11 is 0. The van der Waals surface area contributed by atoms with Crippen LogP contribution < -0.4 is 10.2 Å². The largest absolute Gasteiger partial charge is 0.466 e. The molecule has 5 nitrogen and oxygen atoms in total. The number of hydrogen-bond acceptors (Lipinski definition) is 3. The molecule has 0 bridgehead atoms. The Labute approximate surface area is 239 Å². The van der Waals surface area contributed by atoms with Gasteiger partial charge in [0.2, 0.25) is 0 Å². The Kier molecular flexibility index (Phi) is 10.2. The van der Waals surface area contributed by atoms with Gasteiger partial charge in [-0.3, -0.25) is 4.90 Å². The Balaban J connectivity index is 1.86. The average molecular weight is 591 g/mol. The van der Waals surface area contributed by atoms with Crippen LogP contribution in [-0.4, -0.2) is 25.2 Å². The van der Waals surface area contributed by atoms with E-state index in [9.17, 15) is 35.9 Å². The second-order valence-corrected chi connectivity index (χ2v) is 9.56. The number of amides is 2. The molecule has 0 aliphatic rings. The fraction of sp³-hybridized carbons (Fsp3) is 0.226. The number of urea groups is 1. The van der Waals surface area contributed by atoms with Crippen LogP contribution >= 0.6 is 0 Å². The van der Waals surface area contributed by atoms with E-state index in [-0.39, 0.29) is 30.2 Å². The first-order valence-electron chi connectivity index (χ1n) is 12.7. The van der Waals surface area contributed by atoms with Gasteiger partial charge in [0.25, 0.3) is 0 Å². The molecule has 0 fully saturated rings. The Hall–Kier alpha value is -4.54. The summed E-state index contributed by atoms with van der Waals surface area (Å²) in [5.41, 5.74) is -0.594. The summed E-state index contributed by atoms with van der Waals surface area (Å²) < 4.78 is 83.6. The van der Waals surface area contributed by atoms with Crippen molar-refractivity contribution in [2.45, 2.75) is 38.8 Å². The highest BCUT2D eigenvalue weighted by atomic mass is 19.4. The Morgan fingerprint density at radius 1 is 0.810 bits per heavy atom. The number of methoxy groups -OCH3 is 1. The molecular formula is C31H28F6N2O3. The van der Waals surface area contributed by atoms with Gasteiger partial charge in [0.05, 0.1) is 24.8 Å². The fourth-order valence-corrected chi connectivity index (χ4v) is 3.82. The maximum Gasteiger partial charge on any atom is 0.416 e. The molecule has 222 valence electrons. The van der Waals surface area contributed by atoms with Crippen molar-refractivity contribution in [2.24, 2.45) is 0 Å². The van der Waals surface area contributed by atoms with Crippen LogP contribution in [0.3, 0.4) is 0 Å². The van der Waals surface area contributed by atoms with Crippen molar-refractivity contribution >= 4 is 35.9 Å². The molecule has 3 rings (SSSR count). The standard InChI is InChI=1S/C31H28F6N2O3/c1-20(2)38-29(41)39(27-6-4-5-22(17-27)13-14-28(40)42-3)19-23-10-7-21(8-11-23)9-12-24-15-25(30(32,33)34)18-26(16-24)31(35,36)37/h4-18,20H,19H2,1-3H3,(H,38,41)/b12-9+,14-13+. The summed E-state index contributed by atoms with van der Waals surface area (Å²) in [5, 5.41) is 2.84. The third kappa shape index (κ3) is 9.25. The van der Waals surface area contributed by atoms with Gasteiger partial charge in [0, 0.05) is 17.8 Å². The number of carbonyl (C=O) groups excluding carboxylic acids is 2. The maximum absolute atomic E-state index is 13.2. The van der Waals surface area contributed by atoms with Crippen LogP contribution in [0.4, 0.5) is 36.8 Å². The smallest absolute Gasteiger partial charge is 0.416 e. The SMILES string of the molecule is COC(=O)/C=C/c1cccc(N(Cc2ccc(/C=C/c3cc(C(F)(F)F)cc(C(F)(F)F)c3)cc2)C(=O)NC(C)C)c1. The van der Waals surface area contributed by atoms with E-state index in [0.29, 0.717) is 34.5 Å². The third-order valence-corrected chi connectivity index (χ3v) is 5.85. The first kappa shape index (κ1) is 32.0. The topological polar surface area (TPSA) is 58.6 Å². The van der Waals surface area contributed by atoms with E-state index < -0.39 is 29.4 Å². The second-order valence-electron chi connectivity index (χ2n) is 9.56. The highest BCUT2D eigenvalue weighted by molar-refractivity contribution is 5.93. The van der Waals surface area contributed by atoms with Crippen LogP contribution in [0.5, 0.6) is 0 Å². The number of hydrogen-bond donors (Lipinski definition) is 1. The average Bonchev–Trinajstić information content (AvgIpc) is 2.92. The van der Waals surface area contributed by atoms with Crippen molar-refractivity contribution < 1.29 is 40.7 Å². The van der Waals surface area contributed by atoms with Crippen LogP contribution in [0.15, 0.2) is 72.8 Å². The lowest BCUT2D eigenvalue weighted by atomic mass is 10.0. The van der Waals surface area contributed by atoms with E-state index in [4.69, 9.17) is 0 Å². The quantitative estimate of drug-likeness (QED) is 0.125. The molecule has 0 saturated heterocycles. The minimum atomic E-state index is -4.93. The minimum Gasteiger partial charge on any atom is -0.466 e. The fourth-order valence-electron chi connectivity index (χ4n) is 3.82. The van der Waals surface area contributed by atoms with E-state index >= 15 is 0 Å². The van der Waals surface area contributed by atoms with Gasteiger partial charge in [-0.05, 0) is 72.5 Å². The van der Waals surface area contributed by atoms with E-state index in [0.717, 1.165) is 0 Å². The highest BCUT2D eigenvalue weighted by Crippen LogP contribution is 2.36. The predicted molar refractivity (Wildman–Crippen MR) is 149 cm³/mol. The molecule has 0 atom stereocenters. The number of carbonyl (C=O) groups is 2. The number of nitrogens with zero attached hydrogens (tertiary/aromatic N) is 1. The van der Waals surface area contributed by atoms with Gasteiger partial charge in [-0.2, -0.15) is 26.3 Å². The summed E-state index contributed by atoms with van der Waals surface area (Å²) in [6.07, 6.45) is -4.48. The number of nitrogens with one attached hydrogen (secondary N) is 1. The molecule has 0 unspecified atom stereocenters. The van der Waals surface area contributed by atoms with Crippen molar-refractivity contribution in [2.75, 3.05) is 12.0 Å². The summed E-state index contributed by atoms with van der Waals surface area (Å²) in [7, 11) is 1.26. The zero-order valence-corrected chi connectivity index (χ0v) is 22.9. The molecule has 2 amide bonds. The van der Waals surface area contributed by atoms with Crippen LogP contribution in [0, 0.1) is 0 Å². The lowest BCUT2D eigenvalue weighted by Crippen LogP contribution is -2.42. The van der Waals surface area contributed by atoms with Crippen LogP contribution in [0.2, 0.25) is 0 Å². The molecular weight excluding hydrogens is 562 g/mol. The molecule has 3 aromatic rings. The van der Waals surface area contributed by atoms with E-state index in [2.05, 4.69) is 10.1 Å². The molecule has 11 heteroatoms. The molecule has 0 saturated carbocycles. The summed E-state index contributed by atoms with van der Waals surface area (Å²) in [6.45, 7) is 3.78. The Bertz CT molecular complexity index is 1430. The van der Waals surface area contributed by atoms with Crippen molar-refractivity contribution in [1.82, 2.24) is 5.32 Å². The number of alkyl halides is 6. The van der Waals surface area contributed by atoms with Crippen LogP contribution in [0.1, 0.15) is 47.2 Å². The van der Waals surface area contributed by atoms with Gasteiger partial charge >= 0.3 is 24.4 Å². The molecule has 0 spiro atoms. The number of esters is 1. The predicted octanol–water partition coefficient (Wildman–Crippen LogP) is 8.21. The first-order chi connectivity index (χ1) is 19.7. The normalized spacial score (nSPS) is 12.2. The molecule has 0 aromatic heterocycles. The molecule has 0 heterocycles. The van der Waals surface area contributed by atoms with Crippen molar-refractivity contribution in [3.8, 4) is 0 Å². The number of rotatable bonds is 8. The van der Waals surface area contributed by atoms with Gasteiger partial charge in [-0.25, -0.2) is 9.59 Å². The third-order valence-electron chi connectivity index (χ3n) is 5.85. The zero-order chi connectivity index (χ0) is 31.1. The molecule has 3 aromatic carbocycles. The number of anilines is 1. The monoisotopic (exact) mass is 590 g/mol. The first-order valence-corrected chi connectivity index (χ1v) is 12.7. The number of halogens is 6. The number of ether oxygens (including phenoxy) is 1. The van der Waals surface area contributed by atoms with E-state index in [1.54, 1.807) is 54.6 Å². The molecule has 0 radical (unpaired) electrons. The minimum absolute atomic E-state index is 0.0818. The van der Waals surface area contributed by atoms with Gasteiger partial charge in [0.15, 0.2) is 0 Å². The Morgan fingerprint density at radius 2 is 1.40 bits per heavy atom. The summed E-state index contributed by atoms with van der Waals surface area (Å²) in [5.74, 6) is -0.530. The lowest BCUT2D eigenvalue weighted by Gasteiger charge is -2.25. The number of benzene rings is 3. The molecule has 0 aliphatic carbocycles. The van der Waals surface area contributed by atoms with Gasteiger partial charge in [0.1, 0.15) is 0 Å². The second kappa shape index (κ2) is 13.4. The maximum atomic E-state index is 13.2. The Morgan fingerprint density at radius 3 is 1.95 bits per heavy atom. The molecule has 0 aliphatic heterocycles. The summed E-state index contributed by atoms with van der Waals surface area (Å²) in [4.78, 5) is 26.0. The van der Waals surface area contributed by atoms with Crippen LogP contribution in [-0.2, 0) is 28.4 Å². The van der Waals surface area contributed by atoms with Crippen molar-refractivity contribution in [1.29, 1.82) is 0 Å². The lowest BCUT2D eigenvalue weighted by molar-refractivity contribution is -0.143. The van der Waals surface area contributed by atoms with E-state index in [1.165, 1.54) is 30.2 Å².